The molecule has 5 heterocycles. The zero-order valence-corrected chi connectivity index (χ0v) is 23.1. The first-order valence-electron chi connectivity index (χ1n) is 13.5. The molecule has 3 atom stereocenters. The van der Waals surface area contributed by atoms with Crippen molar-refractivity contribution in [3.63, 3.8) is 0 Å². The molecule has 2 unspecified atom stereocenters. The number of aromatic nitrogens is 3. The van der Waals surface area contributed by atoms with Gasteiger partial charge in [0.05, 0.1) is 15.8 Å². The number of fused-ring (bicyclic) bond motifs is 4. The van der Waals surface area contributed by atoms with E-state index in [9.17, 15) is 22.4 Å². The lowest BCUT2D eigenvalue weighted by Gasteiger charge is -2.34. The molecule has 226 valence electrons. The molecule has 0 saturated carbocycles. The van der Waals surface area contributed by atoms with Crippen LogP contribution >= 0.6 is 11.3 Å². The Kier molecular flexibility index (Phi) is 6.74. The van der Waals surface area contributed by atoms with Gasteiger partial charge in [0.25, 0.3) is 0 Å². The van der Waals surface area contributed by atoms with E-state index in [1.54, 1.807) is 0 Å². The van der Waals surface area contributed by atoms with Gasteiger partial charge in [0.15, 0.2) is 10.9 Å². The van der Waals surface area contributed by atoms with Crippen molar-refractivity contribution in [3.8, 4) is 17.1 Å². The van der Waals surface area contributed by atoms with E-state index in [1.807, 2.05) is 4.90 Å². The lowest BCUT2D eigenvalue weighted by Crippen LogP contribution is -2.51. The monoisotopic (exact) mass is 621 g/mol. The van der Waals surface area contributed by atoms with Crippen molar-refractivity contribution < 1.29 is 36.2 Å². The third-order valence-corrected chi connectivity index (χ3v) is 8.76. The number of amides is 1. The fourth-order valence-electron chi connectivity index (χ4n) is 5.95. The number of benzene rings is 2. The first kappa shape index (κ1) is 27.9. The highest BCUT2D eigenvalue weighted by molar-refractivity contribution is 7.22. The van der Waals surface area contributed by atoms with Crippen molar-refractivity contribution in [2.45, 2.75) is 37.2 Å². The first-order valence-corrected chi connectivity index (χ1v) is 14.3. The fourth-order valence-corrected chi connectivity index (χ4v) is 6.72. The minimum atomic E-state index is -5.00. The van der Waals surface area contributed by atoms with Crippen LogP contribution in [-0.4, -0.2) is 71.9 Å². The van der Waals surface area contributed by atoms with E-state index in [-0.39, 0.29) is 75.9 Å². The maximum atomic E-state index is 16.6. The van der Waals surface area contributed by atoms with Gasteiger partial charge in [-0.1, -0.05) is 11.3 Å². The number of halogens is 5. The number of alkyl halides is 3. The highest BCUT2D eigenvalue weighted by Crippen LogP contribution is 2.46. The van der Waals surface area contributed by atoms with Gasteiger partial charge in [0, 0.05) is 48.2 Å². The van der Waals surface area contributed by atoms with Crippen LogP contribution in [0.2, 0.25) is 0 Å². The maximum absolute atomic E-state index is 16.6. The van der Waals surface area contributed by atoms with Crippen LogP contribution in [0.15, 0.2) is 18.2 Å². The Hall–Kier alpha value is -3.89. The Morgan fingerprint density at radius 1 is 1.12 bits per heavy atom. The third kappa shape index (κ3) is 5.06. The molecule has 3 aliphatic heterocycles. The van der Waals surface area contributed by atoms with E-state index in [0.29, 0.717) is 13.1 Å². The highest BCUT2D eigenvalue weighted by atomic mass is 32.1. The minimum Gasteiger partial charge on any atom is -0.461 e. The van der Waals surface area contributed by atoms with Gasteiger partial charge in [0.2, 0.25) is 5.91 Å². The summed E-state index contributed by atoms with van der Waals surface area (Å²) in [6.07, 6.45) is -3.75. The second-order valence-electron chi connectivity index (χ2n) is 10.8. The number of nitrogens with zero attached hydrogens (tertiary/aromatic N) is 4. The summed E-state index contributed by atoms with van der Waals surface area (Å²) in [6.45, 7) is 0.810. The quantitative estimate of drug-likeness (QED) is 0.287. The average Bonchev–Trinajstić information content (AvgIpc) is 3.53. The number of piperazine rings is 1. The van der Waals surface area contributed by atoms with Gasteiger partial charge < -0.3 is 30.7 Å². The number of rotatable bonds is 5. The molecule has 0 spiro atoms. The molecule has 2 bridgehead atoms. The molecule has 4 N–H and O–H groups in total. The molecule has 0 radical (unpaired) electrons. The van der Waals surface area contributed by atoms with E-state index in [1.165, 1.54) is 0 Å². The second-order valence-corrected chi connectivity index (χ2v) is 11.8. The normalized spacial score (nSPS) is 22.4. The van der Waals surface area contributed by atoms with Crippen LogP contribution in [0.3, 0.4) is 0 Å². The number of morpholine rings is 1. The van der Waals surface area contributed by atoms with Crippen LogP contribution in [0, 0.1) is 11.6 Å². The van der Waals surface area contributed by atoms with Crippen molar-refractivity contribution in [1.29, 1.82) is 0 Å². The van der Waals surface area contributed by atoms with Gasteiger partial charge in [-0.15, -0.1) is 0 Å². The van der Waals surface area contributed by atoms with Crippen LogP contribution in [0.5, 0.6) is 6.01 Å². The predicted molar refractivity (Wildman–Crippen MR) is 148 cm³/mol. The van der Waals surface area contributed by atoms with E-state index >= 15 is 4.39 Å². The Morgan fingerprint density at radius 2 is 1.88 bits per heavy atom. The number of nitrogens with two attached hydrogens (primary N) is 1. The van der Waals surface area contributed by atoms with E-state index in [4.69, 9.17) is 15.2 Å². The number of carbonyl (C=O) groups is 1. The number of thiazole rings is 1. The lowest BCUT2D eigenvalue weighted by molar-refractivity contribution is -0.137. The zero-order valence-electron chi connectivity index (χ0n) is 22.3. The van der Waals surface area contributed by atoms with Gasteiger partial charge in [-0.2, -0.15) is 23.1 Å². The Labute approximate surface area is 244 Å². The molecule has 3 aliphatic rings. The van der Waals surface area contributed by atoms with E-state index in [2.05, 4.69) is 25.6 Å². The van der Waals surface area contributed by atoms with Crippen LogP contribution in [0.1, 0.15) is 18.4 Å². The molecule has 2 aromatic heterocycles. The lowest BCUT2D eigenvalue weighted by atomic mass is 9.95. The van der Waals surface area contributed by atoms with Crippen molar-refractivity contribution >= 4 is 49.3 Å². The summed E-state index contributed by atoms with van der Waals surface area (Å²) in [5, 5.41) is 5.89. The Morgan fingerprint density at radius 3 is 2.58 bits per heavy atom. The molecule has 4 aromatic rings. The predicted octanol–water partition coefficient (Wildman–Crippen LogP) is 3.62. The third-order valence-electron chi connectivity index (χ3n) is 7.87. The average molecular weight is 622 g/mol. The summed E-state index contributed by atoms with van der Waals surface area (Å²) in [7, 11) is 0. The topological polar surface area (TPSA) is 128 Å². The number of anilines is 2. The molecular weight excluding hydrogens is 597 g/mol. The zero-order chi connectivity index (χ0) is 30.0. The van der Waals surface area contributed by atoms with Gasteiger partial charge in [-0.3, -0.25) is 4.79 Å². The largest absolute Gasteiger partial charge is 0.461 e. The van der Waals surface area contributed by atoms with Crippen molar-refractivity contribution in [2.75, 3.05) is 43.5 Å². The Balaban J connectivity index is 1.42. The molecule has 3 fully saturated rings. The number of nitrogens with one attached hydrogen (secondary N) is 2. The maximum Gasteiger partial charge on any atom is 0.417 e. The molecular formula is C27H24F5N7O3S. The summed E-state index contributed by atoms with van der Waals surface area (Å²) in [5.41, 5.74) is 2.79. The molecule has 7 rings (SSSR count). The SMILES string of the molecule is Nc1nc2c(-c3c(C(F)(F)F)cc4c(N5CC6CCC(C5)N6)nc(OC[C@H]5CNC(=O)CO5)nc4c3F)ccc(F)c2s1. The van der Waals surface area contributed by atoms with Crippen molar-refractivity contribution in [1.82, 2.24) is 25.6 Å². The molecule has 0 aliphatic carbocycles. The minimum absolute atomic E-state index is 0.0779. The van der Waals surface area contributed by atoms with Crippen LogP contribution in [-0.2, 0) is 15.7 Å². The molecule has 2 aromatic carbocycles. The second kappa shape index (κ2) is 10.4. The van der Waals surface area contributed by atoms with Crippen LogP contribution in [0.25, 0.3) is 32.2 Å². The van der Waals surface area contributed by atoms with Gasteiger partial charge >= 0.3 is 12.2 Å². The van der Waals surface area contributed by atoms with Gasteiger partial charge in [-0.05, 0) is 31.0 Å². The summed E-state index contributed by atoms with van der Waals surface area (Å²) in [5.74, 6) is -2.19. The molecule has 1 amide bonds. The standard InChI is InChI=1S/C27H24F5N7O3S/c28-17-4-3-14(22-23(17)43-25(33)36-22)19-16(27(30,31)32)5-15-21(20(19)29)37-26(42-9-13-6-34-18(40)10-41-13)38-24(15)39-7-11-1-2-12(8-39)35-11/h3-5,11-13,35H,1-2,6-10H2,(H2,33,36)(H,34,40)/t11?,12?,13-/m1/s1. The summed E-state index contributed by atoms with van der Waals surface area (Å²) >= 11 is 0.752. The number of hydrogen-bond donors (Lipinski definition) is 3. The number of hydrogen-bond acceptors (Lipinski definition) is 10. The first-order chi connectivity index (χ1) is 20.5. The Bertz CT molecular complexity index is 1750. The van der Waals surface area contributed by atoms with Gasteiger partial charge in [-0.25, -0.2) is 13.8 Å². The highest BCUT2D eigenvalue weighted by Gasteiger charge is 2.39. The number of nitrogen functional groups attached to an aromatic ring is 1. The van der Waals surface area contributed by atoms with E-state index in [0.717, 1.165) is 42.4 Å². The van der Waals surface area contributed by atoms with E-state index < -0.39 is 40.6 Å². The van der Waals surface area contributed by atoms with Crippen LogP contribution in [0.4, 0.5) is 32.9 Å². The van der Waals surface area contributed by atoms with Gasteiger partial charge in [0.1, 0.15) is 36.5 Å². The molecule has 10 nitrogen and oxygen atoms in total. The summed E-state index contributed by atoms with van der Waals surface area (Å²) < 4.78 is 86.2. The molecule has 16 heteroatoms. The number of ether oxygens (including phenoxy) is 2. The molecule has 3 saturated heterocycles. The molecule has 43 heavy (non-hydrogen) atoms. The fraction of sp³-hybridized carbons (Fsp3) is 0.407. The summed E-state index contributed by atoms with van der Waals surface area (Å²) in [6, 6.07) is 2.78. The van der Waals surface area contributed by atoms with Crippen molar-refractivity contribution in [2.24, 2.45) is 0 Å². The smallest absolute Gasteiger partial charge is 0.417 e. The summed E-state index contributed by atoms with van der Waals surface area (Å²) in [4.78, 5) is 26.0. The number of carbonyl (C=O) groups excluding carboxylic acids is 1. The van der Waals surface area contributed by atoms with Crippen molar-refractivity contribution in [3.05, 3.63) is 35.4 Å². The van der Waals surface area contributed by atoms with Crippen LogP contribution < -0.4 is 26.0 Å².